The van der Waals surface area contributed by atoms with Crippen LogP contribution < -0.4 is 5.32 Å². The molecule has 31 heavy (non-hydrogen) atoms. The van der Waals surface area contributed by atoms with Gasteiger partial charge in [-0.2, -0.15) is 0 Å². The maximum atomic E-state index is 12.8. The summed E-state index contributed by atoms with van der Waals surface area (Å²) in [5.41, 5.74) is 2.91. The van der Waals surface area contributed by atoms with Crippen molar-refractivity contribution in [2.75, 3.05) is 11.9 Å². The van der Waals surface area contributed by atoms with Gasteiger partial charge in [-0.25, -0.2) is 0 Å². The summed E-state index contributed by atoms with van der Waals surface area (Å²) in [6, 6.07) is 11.9. The maximum absolute atomic E-state index is 12.8. The molecule has 1 heterocycles. The van der Waals surface area contributed by atoms with Gasteiger partial charge in [0.25, 0.3) is 5.91 Å². The third-order valence-corrected chi connectivity index (χ3v) is 7.70. The van der Waals surface area contributed by atoms with Crippen LogP contribution in [0.4, 0.5) is 5.69 Å². The molecule has 1 saturated heterocycles. The Morgan fingerprint density at radius 1 is 1.16 bits per heavy atom. The first-order valence-corrected chi connectivity index (χ1v) is 13.2. The molecule has 0 aromatic heterocycles. The van der Waals surface area contributed by atoms with Crippen LogP contribution in [0.5, 0.6) is 0 Å². The van der Waals surface area contributed by atoms with Crippen LogP contribution in [0, 0.1) is 0 Å². The second-order valence-electron chi connectivity index (χ2n) is 6.82. The number of hydrogen-bond acceptors (Lipinski definition) is 4. The minimum absolute atomic E-state index is 0.103. The summed E-state index contributed by atoms with van der Waals surface area (Å²) in [6.07, 6.45) is 3.64. The molecule has 3 rings (SSSR count). The zero-order valence-corrected chi connectivity index (χ0v) is 23.0. The van der Waals surface area contributed by atoms with Crippen molar-refractivity contribution < 1.29 is 9.59 Å². The number of hydrogen-bond donors (Lipinski definition) is 1. The molecule has 1 aliphatic heterocycles. The van der Waals surface area contributed by atoms with Gasteiger partial charge in [-0.3, -0.25) is 14.5 Å². The number of carbonyl (C=O) groups is 2. The van der Waals surface area contributed by atoms with Crippen molar-refractivity contribution >= 4 is 99.7 Å². The van der Waals surface area contributed by atoms with E-state index in [4.69, 9.17) is 12.2 Å². The molecule has 1 N–H and O–H groups in total. The highest BCUT2D eigenvalue weighted by Crippen LogP contribution is 2.35. The molecule has 2 aromatic carbocycles. The fourth-order valence-electron chi connectivity index (χ4n) is 2.95. The van der Waals surface area contributed by atoms with Crippen molar-refractivity contribution in [3.63, 3.8) is 0 Å². The summed E-state index contributed by atoms with van der Waals surface area (Å²) in [5.74, 6) is -0.228. The molecule has 0 bridgehead atoms. The number of amides is 2. The standard InChI is InChI=1S/C22H19Br3N2O2S2/c1-2-13-5-7-14(8-6-13)10-18-21(29)27(22(30)31-18)9-3-4-19(28)26-20-16(24)11-15(23)12-17(20)25/h5-8,10-12H,2-4,9H2,1H3,(H,26,28). The highest BCUT2D eigenvalue weighted by molar-refractivity contribution is 9.11. The molecule has 0 spiro atoms. The van der Waals surface area contributed by atoms with E-state index in [9.17, 15) is 9.59 Å². The van der Waals surface area contributed by atoms with Crippen LogP contribution in [0.2, 0.25) is 0 Å². The van der Waals surface area contributed by atoms with E-state index < -0.39 is 0 Å². The zero-order valence-electron chi connectivity index (χ0n) is 16.6. The van der Waals surface area contributed by atoms with E-state index in [1.54, 1.807) is 4.90 Å². The van der Waals surface area contributed by atoms with Crippen LogP contribution >= 0.6 is 71.8 Å². The number of carbonyl (C=O) groups excluding carboxylic acids is 2. The first-order valence-electron chi connectivity index (χ1n) is 9.57. The van der Waals surface area contributed by atoms with Gasteiger partial charge in [0.15, 0.2) is 0 Å². The van der Waals surface area contributed by atoms with Crippen molar-refractivity contribution in [1.82, 2.24) is 4.90 Å². The van der Waals surface area contributed by atoms with E-state index in [0.29, 0.717) is 27.9 Å². The summed E-state index contributed by atoms with van der Waals surface area (Å²) in [7, 11) is 0. The van der Waals surface area contributed by atoms with Crippen molar-refractivity contribution in [2.45, 2.75) is 26.2 Å². The summed E-state index contributed by atoms with van der Waals surface area (Å²) >= 11 is 17.0. The highest BCUT2D eigenvalue weighted by atomic mass is 79.9. The van der Waals surface area contributed by atoms with Crippen LogP contribution in [-0.2, 0) is 16.0 Å². The van der Waals surface area contributed by atoms with Crippen LogP contribution in [0.3, 0.4) is 0 Å². The molecular weight excluding hydrogens is 628 g/mol. The second kappa shape index (κ2) is 11.2. The topological polar surface area (TPSA) is 49.4 Å². The van der Waals surface area contributed by atoms with Gasteiger partial charge in [-0.05, 0) is 74.0 Å². The predicted molar refractivity (Wildman–Crippen MR) is 143 cm³/mol. The molecule has 1 fully saturated rings. The van der Waals surface area contributed by atoms with Crippen LogP contribution in [0.1, 0.15) is 30.9 Å². The number of rotatable bonds is 7. The Kier molecular flexibility index (Phi) is 8.92. The average Bonchev–Trinajstić information content (AvgIpc) is 2.98. The smallest absolute Gasteiger partial charge is 0.266 e. The second-order valence-corrected chi connectivity index (χ2v) is 11.1. The summed E-state index contributed by atoms with van der Waals surface area (Å²) < 4.78 is 2.97. The predicted octanol–water partition coefficient (Wildman–Crippen LogP) is 7.16. The van der Waals surface area contributed by atoms with Crippen LogP contribution in [0.25, 0.3) is 6.08 Å². The fourth-order valence-corrected chi connectivity index (χ4v) is 6.72. The van der Waals surface area contributed by atoms with Crippen LogP contribution in [0.15, 0.2) is 54.7 Å². The Balaban J connectivity index is 1.55. The van der Waals surface area contributed by atoms with Crippen molar-refractivity contribution in [3.8, 4) is 0 Å². The summed E-state index contributed by atoms with van der Waals surface area (Å²) in [4.78, 5) is 27.3. The lowest BCUT2D eigenvalue weighted by molar-refractivity contribution is -0.122. The minimum Gasteiger partial charge on any atom is -0.324 e. The van der Waals surface area contributed by atoms with Gasteiger partial charge < -0.3 is 5.32 Å². The van der Waals surface area contributed by atoms with Gasteiger partial charge in [-0.1, -0.05) is 71.1 Å². The summed E-state index contributed by atoms with van der Waals surface area (Å²) in [6.45, 7) is 2.52. The normalized spacial score (nSPS) is 15.1. The van der Waals surface area contributed by atoms with E-state index in [-0.39, 0.29) is 18.2 Å². The largest absolute Gasteiger partial charge is 0.324 e. The Labute approximate surface area is 216 Å². The van der Waals surface area contributed by atoms with Crippen LogP contribution in [-0.4, -0.2) is 27.6 Å². The molecule has 162 valence electrons. The Morgan fingerprint density at radius 3 is 2.42 bits per heavy atom. The Hall–Kier alpha value is -1.00. The average molecular weight is 647 g/mol. The first kappa shape index (κ1) is 24.6. The molecule has 2 aromatic rings. The first-order chi connectivity index (χ1) is 14.8. The molecule has 4 nitrogen and oxygen atoms in total. The number of thiocarbonyl (C=S) groups is 1. The molecule has 2 amide bonds. The van der Waals surface area contributed by atoms with E-state index in [1.807, 2.05) is 30.3 Å². The number of nitrogens with one attached hydrogen (secondary N) is 1. The molecule has 0 unspecified atom stereocenters. The van der Waals surface area contributed by atoms with Crippen molar-refractivity contribution in [1.29, 1.82) is 0 Å². The lowest BCUT2D eigenvalue weighted by atomic mass is 10.1. The maximum Gasteiger partial charge on any atom is 0.266 e. The number of halogens is 3. The lowest BCUT2D eigenvalue weighted by Crippen LogP contribution is -2.29. The third kappa shape index (κ3) is 6.51. The summed E-state index contributed by atoms with van der Waals surface area (Å²) in [5, 5.41) is 2.90. The van der Waals surface area contributed by atoms with E-state index in [0.717, 1.165) is 25.4 Å². The van der Waals surface area contributed by atoms with E-state index >= 15 is 0 Å². The molecular formula is C22H19Br3N2O2S2. The van der Waals surface area contributed by atoms with Gasteiger partial charge in [0.1, 0.15) is 4.32 Å². The minimum atomic E-state index is -0.124. The Bertz CT molecular complexity index is 1030. The lowest BCUT2D eigenvalue weighted by Gasteiger charge is -2.14. The fraction of sp³-hybridized carbons (Fsp3) is 0.227. The van der Waals surface area contributed by atoms with Crippen molar-refractivity contribution in [3.05, 3.63) is 65.8 Å². The van der Waals surface area contributed by atoms with Gasteiger partial charge >= 0.3 is 0 Å². The quantitative estimate of drug-likeness (QED) is 0.256. The number of thioether (sulfide) groups is 1. The Morgan fingerprint density at radius 2 is 1.81 bits per heavy atom. The van der Waals surface area contributed by atoms with E-state index in [1.165, 1.54) is 17.3 Å². The molecule has 0 aliphatic carbocycles. The SMILES string of the molecule is CCc1ccc(C=C2SC(=S)N(CCCC(=O)Nc3c(Br)cc(Br)cc3Br)C2=O)cc1. The van der Waals surface area contributed by atoms with E-state index in [2.05, 4.69) is 72.2 Å². The van der Waals surface area contributed by atoms with Crippen molar-refractivity contribution in [2.24, 2.45) is 0 Å². The third-order valence-electron chi connectivity index (χ3n) is 4.62. The highest BCUT2D eigenvalue weighted by Gasteiger charge is 2.31. The van der Waals surface area contributed by atoms with Gasteiger partial charge in [0.05, 0.1) is 10.6 Å². The molecule has 9 heteroatoms. The monoisotopic (exact) mass is 644 g/mol. The van der Waals surface area contributed by atoms with Gasteiger partial charge in [0, 0.05) is 26.4 Å². The molecule has 0 radical (unpaired) electrons. The van der Waals surface area contributed by atoms with Gasteiger partial charge in [-0.15, -0.1) is 0 Å². The molecule has 0 saturated carbocycles. The molecule has 0 atom stereocenters. The number of anilines is 1. The van der Waals surface area contributed by atoms with Gasteiger partial charge in [0.2, 0.25) is 5.91 Å². The number of nitrogens with zero attached hydrogens (tertiary/aromatic N) is 1. The zero-order chi connectivity index (χ0) is 22.5. The molecule has 1 aliphatic rings. The number of benzene rings is 2. The number of aryl methyl sites for hydroxylation is 1.